The van der Waals surface area contributed by atoms with E-state index in [2.05, 4.69) is 55.4 Å². The van der Waals surface area contributed by atoms with Crippen molar-refractivity contribution in [1.29, 1.82) is 0 Å². The normalized spacial score (nSPS) is 40.7. The molecule has 18 aliphatic rings. The van der Waals surface area contributed by atoms with Crippen molar-refractivity contribution >= 4 is 92.5 Å². The van der Waals surface area contributed by atoms with Crippen molar-refractivity contribution in [2.24, 2.45) is 126 Å². The van der Waals surface area contributed by atoms with Crippen LogP contribution in [-0.4, -0.2) is 92.5 Å². The van der Waals surface area contributed by atoms with E-state index in [1.54, 1.807) is 0 Å². The first-order valence-corrected chi connectivity index (χ1v) is 35.3. The molecule has 0 N–H and O–H groups in total. The van der Waals surface area contributed by atoms with E-state index in [1.165, 1.54) is 0 Å². The molecule has 0 spiro atoms. The Morgan fingerprint density at radius 2 is 0.452 bits per heavy atom. The van der Waals surface area contributed by atoms with Crippen LogP contribution < -0.4 is 0 Å². The topological polar surface area (TPSA) is 273 Å². The molecule has 510 valence electrons. The average molecular weight is 1290 g/mol. The molecule has 0 amide bonds. The third-order valence-electron chi connectivity index (χ3n) is 29.3. The van der Waals surface area contributed by atoms with Crippen LogP contribution in [0.4, 0.5) is 0 Å². The Balaban J connectivity index is 0.000000126. The van der Waals surface area contributed by atoms with Crippen LogP contribution in [0.25, 0.3) is 0 Å². The number of ketones is 16. The second-order valence-electron chi connectivity index (χ2n) is 35.4. The minimum atomic E-state index is -0.231. The van der Waals surface area contributed by atoms with Gasteiger partial charge in [-0.25, -0.2) is 0 Å². The highest BCUT2D eigenvalue weighted by molar-refractivity contribution is 6.14. The number of fused-ring (bicyclic) bond motifs is 17. The second-order valence-corrected chi connectivity index (χ2v) is 35.4. The Morgan fingerprint density at radius 3 is 0.720 bits per heavy atom. The van der Waals surface area contributed by atoms with Gasteiger partial charge in [-0.15, -0.1) is 0 Å². The number of Topliss-reactive ketones (excluding diaryl/α,β-unsaturated/α-hetero) is 16. The van der Waals surface area contributed by atoms with Crippen LogP contribution in [0, 0.1) is 126 Å². The number of hydrogen-bond donors (Lipinski definition) is 0. The highest BCUT2D eigenvalue weighted by Gasteiger charge is 2.69. The van der Waals surface area contributed by atoms with E-state index in [1.807, 2.05) is 48.5 Å². The SMILES string of the molecule is CC1(C)C2C(=O)CC(=O)C21.CC1(C)C2CC1C(=O)CC2=O.CC1(C)C2CCC1C(=O)CC2=O.CC1(C)C2CC[C@@]1(C)C(=O)CC2=O.CC1(C)C2CC[C@]1(C)C(=O)CC2=O.CC12CCC(C(=O)CC1=O)C2(C)C.O=C1CC(=O)C2CCC1C2.O=C1CC(=O)C2CCC1CC2. The molecule has 18 saturated carbocycles. The second kappa shape index (κ2) is 25.0. The molecular formula is C77H106O16. The molecule has 18 rings (SSSR count). The Bertz CT molecular complexity index is 3000. The first-order chi connectivity index (χ1) is 42.8. The van der Waals surface area contributed by atoms with Crippen molar-refractivity contribution in [1.82, 2.24) is 0 Å². The molecule has 0 heterocycles. The molecule has 0 saturated heterocycles. The third-order valence-corrected chi connectivity index (χ3v) is 29.3. The third kappa shape index (κ3) is 12.2. The summed E-state index contributed by atoms with van der Waals surface area (Å²) in [7, 11) is 0. The summed E-state index contributed by atoms with van der Waals surface area (Å²) in [4.78, 5) is 182. The molecule has 0 radical (unpaired) electrons. The average Bonchev–Trinajstić information content (AvgIpc) is 1.59. The fourth-order valence-electron chi connectivity index (χ4n) is 20.9. The summed E-state index contributed by atoms with van der Waals surface area (Å²) in [6, 6.07) is 0. The van der Waals surface area contributed by atoms with E-state index in [9.17, 15) is 76.7 Å². The summed E-state index contributed by atoms with van der Waals surface area (Å²) >= 11 is 0. The molecule has 16 nitrogen and oxygen atoms in total. The predicted molar refractivity (Wildman–Crippen MR) is 343 cm³/mol. The van der Waals surface area contributed by atoms with Crippen LogP contribution in [0.2, 0.25) is 0 Å². The highest BCUT2D eigenvalue weighted by Crippen LogP contribution is 2.65. The summed E-state index contributed by atoms with van der Waals surface area (Å²) in [6.45, 7) is 30.7. The molecule has 0 aromatic heterocycles. The number of carbonyl (C=O) groups is 16. The van der Waals surface area contributed by atoms with Gasteiger partial charge in [-0.1, -0.05) is 104 Å². The zero-order chi connectivity index (χ0) is 69.2. The fourth-order valence-corrected chi connectivity index (χ4v) is 20.9. The van der Waals surface area contributed by atoms with Crippen molar-refractivity contribution in [3.63, 3.8) is 0 Å². The van der Waals surface area contributed by atoms with Crippen LogP contribution in [0.3, 0.4) is 0 Å². The predicted octanol–water partition coefficient (Wildman–Crippen LogP) is 11.8. The van der Waals surface area contributed by atoms with Gasteiger partial charge in [-0.05, 0) is 135 Å². The molecule has 0 aromatic rings. The lowest BCUT2D eigenvalue weighted by Crippen LogP contribution is -2.57. The van der Waals surface area contributed by atoms with Gasteiger partial charge < -0.3 is 0 Å². The first kappa shape index (κ1) is 72.0. The first-order valence-electron chi connectivity index (χ1n) is 35.3. The van der Waals surface area contributed by atoms with E-state index >= 15 is 0 Å². The van der Waals surface area contributed by atoms with Gasteiger partial charge in [0.05, 0.1) is 51.4 Å². The van der Waals surface area contributed by atoms with Crippen LogP contribution in [-0.2, 0) is 76.7 Å². The van der Waals surface area contributed by atoms with E-state index in [-0.39, 0.29) is 270 Å². The standard InChI is InChI=1S/3C11H16O2.C10H14O2.2C9H12O2.2C8H10O2/c3*1-10(2)7-4-5-11(10,3)9(13)6-8(7)12;1-10(2)6-3-4-7(10)9(12)5-8(6)11;1-9(2)5-3-6(9)8(11)4-7(5)10;10-8-5-9(11)7-2-1-6(8)3-4-7;1-8(2)6-4(9)3-5(10)7(6)8;9-7-4-8(10)6-2-1-5(7)3-6/h3*7H,4-6H2,1-3H3;6-7H,3-5H2,1-2H3;5-6H,3-4H2,1-2H3;6-7H,1-5H2;6-7H,3H2,1-2H3;5-6H,1-4H2/t2*7?,11-;;;;;;/m10....../s1. The largest absolute Gasteiger partial charge is 0.299 e. The van der Waals surface area contributed by atoms with Crippen molar-refractivity contribution in [3.05, 3.63) is 0 Å². The minimum absolute atomic E-state index is 0.00637. The van der Waals surface area contributed by atoms with Crippen LogP contribution >= 0.6 is 0 Å². The van der Waals surface area contributed by atoms with Crippen molar-refractivity contribution < 1.29 is 76.7 Å². The maximum atomic E-state index is 11.8. The molecular weight excluding hydrogens is 1180 g/mol. The molecule has 18 aliphatic carbocycles. The number of carbonyl (C=O) groups excluding carboxylic acids is 16. The van der Waals surface area contributed by atoms with Gasteiger partial charge in [0.15, 0.2) is 0 Å². The summed E-state index contributed by atoms with van der Waals surface area (Å²) in [5, 5.41) is 0. The molecule has 0 aliphatic heterocycles. The zero-order valence-electron chi connectivity index (χ0n) is 58.5. The summed E-state index contributed by atoms with van der Waals surface area (Å²) in [5.74, 6) is 5.07. The van der Waals surface area contributed by atoms with Gasteiger partial charge in [0.1, 0.15) is 92.5 Å². The summed E-state index contributed by atoms with van der Waals surface area (Å²) in [5.41, 5.74) is -1.09. The number of rotatable bonds is 0. The minimum Gasteiger partial charge on any atom is -0.299 e. The van der Waals surface area contributed by atoms with Crippen molar-refractivity contribution in [2.75, 3.05) is 0 Å². The maximum Gasteiger partial charge on any atom is 0.146 e. The van der Waals surface area contributed by atoms with Gasteiger partial charge in [0.2, 0.25) is 0 Å². The van der Waals surface area contributed by atoms with Crippen molar-refractivity contribution in [2.45, 2.75) is 258 Å². The summed E-state index contributed by atoms with van der Waals surface area (Å²) in [6.07, 6.45) is 16.4. The van der Waals surface area contributed by atoms with E-state index < -0.39 is 0 Å². The molecule has 14 bridgehead atoms. The number of hydrogen-bond acceptors (Lipinski definition) is 16. The Hall–Kier alpha value is -5.28. The quantitative estimate of drug-likeness (QED) is 0.204. The van der Waals surface area contributed by atoms with E-state index in [0.29, 0.717) is 0 Å². The van der Waals surface area contributed by atoms with E-state index in [0.717, 1.165) is 103 Å². The fraction of sp³-hybridized carbons (Fsp3) is 0.792. The molecule has 93 heavy (non-hydrogen) atoms. The zero-order valence-corrected chi connectivity index (χ0v) is 58.5. The van der Waals surface area contributed by atoms with Gasteiger partial charge >= 0.3 is 0 Å². The monoisotopic (exact) mass is 1290 g/mol. The Morgan fingerprint density at radius 1 is 0.215 bits per heavy atom. The maximum absolute atomic E-state index is 11.8. The van der Waals surface area contributed by atoms with Gasteiger partial charge in [0.25, 0.3) is 0 Å². The molecule has 16 heteroatoms. The molecule has 18 fully saturated rings. The van der Waals surface area contributed by atoms with Crippen molar-refractivity contribution in [3.8, 4) is 0 Å². The Labute approximate surface area is 550 Å². The van der Waals surface area contributed by atoms with Crippen LogP contribution in [0.15, 0.2) is 0 Å². The van der Waals surface area contributed by atoms with E-state index in [4.69, 9.17) is 0 Å². The lowest BCUT2D eigenvalue weighted by Gasteiger charge is -2.53. The Kier molecular flexibility index (Phi) is 19.3. The van der Waals surface area contributed by atoms with Gasteiger partial charge in [0, 0.05) is 93.2 Å². The lowest BCUT2D eigenvalue weighted by atomic mass is 9.48. The van der Waals surface area contributed by atoms with Crippen LogP contribution in [0.1, 0.15) is 258 Å². The van der Waals surface area contributed by atoms with Crippen LogP contribution in [0.5, 0.6) is 0 Å². The smallest absolute Gasteiger partial charge is 0.146 e. The summed E-state index contributed by atoms with van der Waals surface area (Å²) < 4.78 is 0. The highest BCUT2D eigenvalue weighted by atomic mass is 16.2. The van der Waals surface area contributed by atoms with Gasteiger partial charge in [-0.3, -0.25) is 76.7 Å². The van der Waals surface area contributed by atoms with Gasteiger partial charge in [-0.2, -0.15) is 0 Å². The molecule has 0 aromatic carbocycles. The molecule has 12 unspecified atom stereocenters. The molecule has 14 atom stereocenters. The lowest BCUT2D eigenvalue weighted by molar-refractivity contribution is -0.160.